The van der Waals surface area contributed by atoms with Gasteiger partial charge in [0.25, 0.3) is 0 Å². The zero-order valence-electron chi connectivity index (χ0n) is 7.22. The highest BCUT2D eigenvalue weighted by molar-refractivity contribution is 5.72. The molecule has 4 heteroatoms. The molecular formula is C7H15NO3. The highest BCUT2D eigenvalue weighted by Gasteiger charge is 2.03. The largest absolute Gasteiger partial charge is 0.356 e. The summed E-state index contributed by atoms with van der Waals surface area (Å²) in [7, 11) is 3.14. The van der Waals surface area contributed by atoms with E-state index in [0.717, 1.165) is 0 Å². The van der Waals surface area contributed by atoms with Crippen LogP contribution in [0.3, 0.4) is 0 Å². The summed E-state index contributed by atoms with van der Waals surface area (Å²) >= 11 is 0. The topological polar surface area (TPSA) is 47.6 Å². The van der Waals surface area contributed by atoms with Crippen LogP contribution in [-0.2, 0) is 14.3 Å². The Morgan fingerprint density at radius 1 is 1.45 bits per heavy atom. The molecule has 0 aromatic heterocycles. The first kappa shape index (κ1) is 10.4. The van der Waals surface area contributed by atoms with Crippen LogP contribution < -0.4 is 5.32 Å². The van der Waals surface area contributed by atoms with Crippen LogP contribution in [0.1, 0.15) is 13.3 Å². The first-order valence-electron chi connectivity index (χ1n) is 3.50. The number of ether oxygens (including phenoxy) is 2. The number of hydrogen-bond donors (Lipinski definition) is 1. The minimum absolute atomic E-state index is 0.0315. The Morgan fingerprint density at radius 3 is 2.36 bits per heavy atom. The van der Waals surface area contributed by atoms with Gasteiger partial charge in [0.1, 0.15) is 0 Å². The Kier molecular flexibility index (Phi) is 5.78. The quantitative estimate of drug-likeness (QED) is 0.583. The summed E-state index contributed by atoms with van der Waals surface area (Å²) in [5.74, 6) is -0.0315. The van der Waals surface area contributed by atoms with Crippen LogP contribution in [0.15, 0.2) is 0 Å². The van der Waals surface area contributed by atoms with E-state index in [9.17, 15) is 4.79 Å². The maximum Gasteiger partial charge on any atom is 0.216 e. The van der Waals surface area contributed by atoms with Crippen molar-refractivity contribution in [3.63, 3.8) is 0 Å². The molecule has 1 amide bonds. The van der Waals surface area contributed by atoms with Gasteiger partial charge in [0.2, 0.25) is 5.91 Å². The van der Waals surface area contributed by atoms with Crippen LogP contribution >= 0.6 is 0 Å². The monoisotopic (exact) mass is 161 g/mol. The first-order valence-corrected chi connectivity index (χ1v) is 3.50. The second-order valence-corrected chi connectivity index (χ2v) is 2.17. The summed E-state index contributed by atoms with van der Waals surface area (Å²) in [4.78, 5) is 10.4. The van der Waals surface area contributed by atoms with Crippen molar-refractivity contribution >= 4 is 5.91 Å². The molecule has 4 nitrogen and oxygen atoms in total. The van der Waals surface area contributed by atoms with Crippen molar-refractivity contribution in [2.75, 3.05) is 20.8 Å². The van der Waals surface area contributed by atoms with Crippen molar-refractivity contribution in [3.8, 4) is 0 Å². The lowest BCUT2D eigenvalue weighted by molar-refractivity contribution is -0.121. The fraction of sp³-hybridized carbons (Fsp3) is 0.857. The summed E-state index contributed by atoms with van der Waals surface area (Å²) in [5, 5.41) is 2.65. The molecule has 11 heavy (non-hydrogen) atoms. The van der Waals surface area contributed by atoms with Crippen molar-refractivity contribution in [1.29, 1.82) is 0 Å². The van der Waals surface area contributed by atoms with Gasteiger partial charge in [0.05, 0.1) is 0 Å². The standard InChI is InChI=1S/C7H15NO3/c1-6(9)8-5-4-7(10-2)11-3/h7H,4-5H2,1-3H3,(H,8,9). The minimum atomic E-state index is -0.221. The fourth-order valence-electron chi connectivity index (χ4n) is 0.698. The van der Waals surface area contributed by atoms with Crippen LogP contribution in [0.2, 0.25) is 0 Å². The number of nitrogens with one attached hydrogen (secondary N) is 1. The minimum Gasteiger partial charge on any atom is -0.356 e. The maximum atomic E-state index is 10.4. The van der Waals surface area contributed by atoms with Crippen LogP contribution in [0.5, 0.6) is 0 Å². The molecule has 0 aromatic rings. The van der Waals surface area contributed by atoms with Crippen molar-refractivity contribution in [2.24, 2.45) is 0 Å². The lowest BCUT2D eigenvalue weighted by Crippen LogP contribution is -2.26. The molecule has 0 aliphatic heterocycles. The van der Waals surface area contributed by atoms with Gasteiger partial charge < -0.3 is 14.8 Å². The van der Waals surface area contributed by atoms with Crippen molar-refractivity contribution < 1.29 is 14.3 Å². The van der Waals surface area contributed by atoms with E-state index in [-0.39, 0.29) is 12.2 Å². The second kappa shape index (κ2) is 6.12. The van der Waals surface area contributed by atoms with Gasteiger partial charge in [0, 0.05) is 34.1 Å². The summed E-state index contributed by atoms with van der Waals surface area (Å²) in [6, 6.07) is 0. The molecule has 0 bridgehead atoms. The summed E-state index contributed by atoms with van der Waals surface area (Å²) < 4.78 is 9.82. The van der Waals surface area contributed by atoms with E-state index < -0.39 is 0 Å². The molecule has 1 N–H and O–H groups in total. The Labute approximate surface area is 66.9 Å². The maximum absolute atomic E-state index is 10.4. The van der Waals surface area contributed by atoms with E-state index >= 15 is 0 Å². The molecule has 66 valence electrons. The average molecular weight is 161 g/mol. The molecule has 0 aliphatic rings. The predicted octanol–water partition coefficient (Wildman–Crippen LogP) is 0.131. The molecule has 0 spiro atoms. The number of methoxy groups -OCH3 is 2. The zero-order valence-corrected chi connectivity index (χ0v) is 7.22. The van der Waals surface area contributed by atoms with E-state index in [1.165, 1.54) is 6.92 Å². The van der Waals surface area contributed by atoms with Crippen LogP contribution in [0.25, 0.3) is 0 Å². The number of rotatable bonds is 5. The molecule has 0 radical (unpaired) electrons. The van der Waals surface area contributed by atoms with Crippen molar-refractivity contribution in [3.05, 3.63) is 0 Å². The molecular weight excluding hydrogens is 146 g/mol. The highest BCUT2D eigenvalue weighted by Crippen LogP contribution is 1.94. The van der Waals surface area contributed by atoms with Gasteiger partial charge in [0.15, 0.2) is 6.29 Å². The third-order valence-corrected chi connectivity index (χ3v) is 1.28. The molecule has 0 saturated carbocycles. The second-order valence-electron chi connectivity index (χ2n) is 2.17. The normalized spacial score (nSPS) is 10.2. The molecule has 0 rings (SSSR count). The van der Waals surface area contributed by atoms with Crippen molar-refractivity contribution in [1.82, 2.24) is 5.32 Å². The molecule has 0 aliphatic carbocycles. The van der Waals surface area contributed by atoms with E-state index in [4.69, 9.17) is 9.47 Å². The average Bonchev–Trinajstić information content (AvgIpc) is 1.98. The smallest absolute Gasteiger partial charge is 0.216 e. The molecule has 0 saturated heterocycles. The highest BCUT2D eigenvalue weighted by atomic mass is 16.7. The van der Waals surface area contributed by atoms with Gasteiger partial charge >= 0.3 is 0 Å². The van der Waals surface area contributed by atoms with Gasteiger partial charge in [-0.25, -0.2) is 0 Å². The van der Waals surface area contributed by atoms with E-state index in [2.05, 4.69) is 5.32 Å². The summed E-state index contributed by atoms with van der Waals surface area (Å²) in [6.07, 6.45) is 0.453. The van der Waals surface area contributed by atoms with Gasteiger partial charge in [-0.3, -0.25) is 4.79 Å². The Balaban J connectivity index is 3.28. The fourth-order valence-corrected chi connectivity index (χ4v) is 0.698. The van der Waals surface area contributed by atoms with Crippen LogP contribution in [-0.4, -0.2) is 33.0 Å². The van der Waals surface area contributed by atoms with Gasteiger partial charge in [-0.05, 0) is 0 Å². The SMILES string of the molecule is COC(CCNC(C)=O)OC. The number of carbonyl (C=O) groups excluding carboxylic acids is 1. The third kappa shape index (κ3) is 5.82. The third-order valence-electron chi connectivity index (χ3n) is 1.28. The van der Waals surface area contributed by atoms with E-state index in [1.807, 2.05) is 0 Å². The van der Waals surface area contributed by atoms with Gasteiger partial charge in [-0.2, -0.15) is 0 Å². The summed E-state index contributed by atoms with van der Waals surface area (Å²) in [5.41, 5.74) is 0. The zero-order chi connectivity index (χ0) is 8.69. The lowest BCUT2D eigenvalue weighted by atomic mass is 10.4. The van der Waals surface area contributed by atoms with Gasteiger partial charge in [-0.1, -0.05) is 0 Å². The van der Waals surface area contributed by atoms with Crippen LogP contribution in [0, 0.1) is 0 Å². The number of carbonyl (C=O) groups is 1. The van der Waals surface area contributed by atoms with Crippen molar-refractivity contribution in [2.45, 2.75) is 19.6 Å². The Morgan fingerprint density at radius 2 is 2.00 bits per heavy atom. The molecule has 0 atom stereocenters. The number of hydrogen-bond acceptors (Lipinski definition) is 3. The van der Waals surface area contributed by atoms with E-state index in [0.29, 0.717) is 13.0 Å². The van der Waals surface area contributed by atoms with Crippen LogP contribution in [0.4, 0.5) is 0 Å². The van der Waals surface area contributed by atoms with E-state index in [1.54, 1.807) is 14.2 Å². The molecule has 0 fully saturated rings. The molecule has 0 unspecified atom stereocenters. The Bertz CT molecular complexity index is 112. The predicted molar refractivity (Wildman–Crippen MR) is 41.1 cm³/mol. The number of amides is 1. The Hall–Kier alpha value is -0.610. The molecule has 0 aromatic carbocycles. The lowest BCUT2D eigenvalue weighted by Gasteiger charge is -2.12. The molecule has 0 heterocycles. The first-order chi connectivity index (χ1) is 5.20. The van der Waals surface area contributed by atoms with Gasteiger partial charge in [-0.15, -0.1) is 0 Å². The summed E-state index contributed by atoms with van der Waals surface area (Å²) in [6.45, 7) is 2.07.